The zero-order valence-electron chi connectivity index (χ0n) is 12.1. The van der Waals surface area contributed by atoms with Crippen LogP contribution < -0.4 is 5.73 Å². The van der Waals surface area contributed by atoms with Crippen LogP contribution in [-0.2, 0) is 11.3 Å². The second-order valence-corrected chi connectivity index (χ2v) is 5.40. The first-order valence-electron chi connectivity index (χ1n) is 6.96. The van der Waals surface area contributed by atoms with Crippen LogP contribution in [0.15, 0.2) is 18.2 Å². The SMILES string of the molecule is CN(CC(=O)N1CCCC1)Cc1cc([N+](=O)[O-])ccc1N. The van der Waals surface area contributed by atoms with Crippen molar-refractivity contribution in [2.45, 2.75) is 19.4 Å². The number of likely N-dealkylation sites (tertiary alicyclic amines) is 1. The molecular formula is C14H20N4O3. The van der Waals surface area contributed by atoms with Gasteiger partial charge in [-0.15, -0.1) is 0 Å². The van der Waals surface area contributed by atoms with Crippen molar-refractivity contribution in [1.82, 2.24) is 9.80 Å². The van der Waals surface area contributed by atoms with Crippen molar-refractivity contribution in [3.8, 4) is 0 Å². The summed E-state index contributed by atoms with van der Waals surface area (Å²) in [7, 11) is 1.81. The highest BCUT2D eigenvalue weighted by Crippen LogP contribution is 2.21. The maximum atomic E-state index is 12.1. The molecule has 7 nitrogen and oxygen atoms in total. The number of anilines is 1. The average Bonchev–Trinajstić information content (AvgIpc) is 2.95. The highest BCUT2D eigenvalue weighted by molar-refractivity contribution is 5.78. The molecule has 2 rings (SSSR count). The van der Waals surface area contributed by atoms with Crippen LogP contribution in [0.25, 0.3) is 0 Å². The third kappa shape index (κ3) is 3.91. The van der Waals surface area contributed by atoms with E-state index < -0.39 is 4.92 Å². The van der Waals surface area contributed by atoms with Gasteiger partial charge >= 0.3 is 0 Å². The van der Waals surface area contributed by atoms with E-state index in [9.17, 15) is 14.9 Å². The summed E-state index contributed by atoms with van der Waals surface area (Å²) < 4.78 is 0. The number of nitro benzene ring substituents is 1. The fourth-order valence-corrected chi connectivity index (χ4v) is 2.49. The van der Waals surface area contributed by atoms with E-state index in [1.165, 1.54) is 18.2 Å². The highest BCUT2D eigenvalue weighted by atomic mass is 16.6. The molecule has 0 unspecified atom stereocenters. The number of nitro groups is 1. The second kappa shape index (κ2) is 6.53. The van der Waals surface area contributed by atoms with E-state index >= 15 is 0 Å². The fraction of sp³-hybridized carbons (Fsp3) is 0.500. The second-order valence-electron chi connectivity index (χ2n) is 5.40. The lowest BCUT2D eigenvalue weighted by Gasteiger charge is -2.21. The summed E-state index contributed by atoms with van der Waals surface area (Å²) in [6.45, 7) is 2.35. The topological polar surface area (TPSA) is 92.7 Å². The van der Waals surface area contributed by atoms with Crippen LogP contribution in [0.2, 0.25) is 0 Å². The van der Waals surface area contributed by atoms with E-state index in [2.05, 4.69) is 0 Å². The quantitative estimate of drug-likeness (QED) is 0.500. The number of nitrogens with zero attached hydrogens (tertiary/aromatic N) is 3. The van der Waals surface area contributed by atoms with Crippen molar-refractivity contribution >= 4 is 17.3 Å². The molecule has 1 aliphatic heterocycles. The third-order valence-corrected chi connectivity index (χ3v) is 3.64. The minimum atomic E-state index is -0.446. The third-order valence-electron chi connectivity index (χ3n) is 3.64. The van der Waals surface area contributed by atoms with Gasteiger partial charge in [-0.3, -0.25) is 19.8 Å². The molecule has 0 atom stereocenters. The van der Waals surface area contributed by atoms with Gasteiger partial charge in [0.25, 0.3) is 5.69 Å². The van der Waals surface area contributed by atoms with Gasteiger partial charge in [-0.2, -0.15) is 0 Å². The number of non-ortho nitro benzene ring substituents is 1. The molecule has 0 radical (unpaired) electrons. The summed E-state index contributed by atoms with van der Waals surface area (Å²) >= 11 is 0. The molecule has 114 valence electrons. The number of likely N-dealkylation sites (N-methyl/N-ethyl adjacent to an activating group) is 1. The predicted octanol–water partition coefficient (Wildman–Crippen LogP) is 1.23. The Labute approximate surface area is 123 Å². The van der Waals surface area contributed by atoms with Crippen LogP contribution in [0.3, 0.4) is 0 Å². The van der Waals surface area contributed by atoms with Gasteiger partial charge in [0, 0.05) is 37.5 Å². The van der Waals surface area contributed by atoms with Crippen molar-refractivity contribution < 1.29 is 9.72 Å². The summed E-state index contributed by atoms with van der Waals surface area (Å²) in [5.41, 5.74) is 7.03. The number of hydrogen-bond acceptors (Lipinski definition) is 5. The van der Waals surface area contributed by atoms with Crippen LogP contribution in [0.5, 0.6) is 0 Å². The number of rotatable bonds is 5. The Morgan fingerprint density at radius 1 is 1.43 bits per heavy atom. The Hall–Kier alpha value is -2.15. The lowest BCUT2D eigenvalue weighted by atomic mass is 10.1. The van der Waals surface area contributed by atoms with Crippen molar-refractivity contribution in [2.24, 2.45) is 0 Å². The van der Waals surface area contributed by atoms with Crippen LogP contribution in [0.4, 0.5) is 11.4 Å². The summed E-state index contributed by atoms with van der Waals surface area (Å²) in [5, 5.41) is 10.8. The normalized spacial score (nSPS) is 14.7. The van der Waals surface area contributed by atoms with E-state index in [1.54, 1.807) is 0 Å². The lowest BCUT2D eigenvalue weighted by Crippen LogP contribution is -2.37. The lowest BCUT2D eigenvalue weighted by molar-refractivity contribution is -0.384. The van der Waals surface area contributed by atoms with E-state index in [4.69, 9.17) is 5.73 Å². The summed E-state index contributed by atoms with van der Waals surface area (Å²) in [6, 6.07) is 4.38. The van der Waals surface area contributed by atoms with Gasteiger partial charge < -0.3 is 10.6 Å². The van der Waals surface area contributed by atoms with Gasteiger partial charge in [-0.25, -0.2) is 0 Å². The standard InChI is InChI=1S/C14H20N4O3/c1-16(10-14(19)17-6-2-3-7-17)9-11-8-12(18(20)21)4-5-13(11)15/h4-5,8H,2-3,6-7,9-10,15H2,1H3. The van der Waals surface area contributed by atoms with Gasteiger partial charge in [0.05, 0.1) is 11.5 Å². The molecule has 0 saturated carbocycles. The van der Waals surface area contributed by atoms with Crippen LogP contribution in [-0.4, -0.2) is 47.3 Å². The van der Waals surface area contributed by atoms with Crippen LogP contribution in [0, 0.1) is 10.1 Å². The van der Waals surface area contributed by atoms with Gasteiger partial charge in [-0.1, -0.05) is 0 Å². The van der Waals surface area contributed by atoms with Crippen LogP contribution >= 0.6 is 0 Å². The van der Waals surface area contributed by atoms with Gasteiger partial charge in [0.2, 0.25) is 5.91 Å². The van der Waals surface area contributed by atoms with Crippen molar-refractivity contribution in [3.63, 3.8) is 0 Å². The predicted molar refractivity (Wildman–Crippen MR) is 79.7 cm³/mol. The maximum Gasteiger partial charge on any atom is 0.269 e. The Bertz CT molecular complexity index is 541. The Morgan fingerprint density at radius 3 is 2.71 bits per heavy atom. The molecule has 7 heteroatoms. The molecule has 21 heavy (non-hydrogen) atoms. The number of carbonyl (C=O) groups excluding carboxylic acids is 1. The number of amides is 1. The molecule has 2 N–H and O–H groups in total. The fourth-order valence-electron chi connectivity index (χ4n) is 2.49. The van der Waals surface area contributed by atoms with Gasteiger partial charge in [0.1, 0.15) is 0 Å². The number of carbonyl (C=O) groups is 1. The van der Waals surface area contributed by atoms with E-state index in [0.717, 1.165) is 25.9 Å². The molecule has 0 aliphatic carbocycles. The summed E-state index contributed by atoms with van der Waals surface area (Å²) in [6.07, 6.45) is 2.13. The molecule has 1 aromatic carbocycles. The largest absolute Gasteiger partial charge is 0.398 e. The first kappa shape index (κ1) is 15.2. The Balaban J connectivity index is 1.98. The molecule has 0 aromatic heterocycles. The molecular weight excluding hydrogens is 272 g/mol. The van der Waals surface area contributed by atoms with Crippen molar-refractivity contribution in [3.05, 3.63) is 33.9 Å². The number of nitrogens with two attached hydrogens (primary N) is 1. The highest BCUT2D eigenvalue weighted by Gasteiger charge is 2.19. The summed E-state index contributed by atoms with van der Waals surface area (Å²) in [4.78, 5) is 26.1. The minimum Gasteiger partial charge on any atom is -0.398 e. The molecule has 1 amide bonds. The van der Waals surface area contributed by atoms with Crippen LogP contribution in [0.1, 0.15) is 18.4 Å². The first-order chi connectivity index (χ1) is 9.97. The smallest absolute Gasteiger partial charge is 0.269 e. The molecule has 1 saturated heterocycles. The van der Waals surface area contributed by atoms with Gasteiger partial charge in [0.15, 0.2) is 0 Å². The minimum absolute atomic E-state index is 0.0125. The van der Waals surface area contributed by atoms with Crippen molar-refractivity contribution in [2.75, 3.05) is 32.4 Å². The van der Waals surface area contributed by atoms with E-state index in [1.807, 2.05) is 16.8 Å². The molecule has 1 aliphatic rings. The first-order valence-corrected chi connectivity index (χ1v) is 6.96. The molecule has 0 bridgehead atoms. The van der Waals surface area contributed by atoms with E-state index in [0.29, 0.717) is 24.3 Å². The monoisotopic (exact) mass is 292 g/mol. The van der Waals surface area contributed by atoms with Crippen molar-refractivity contribution in [1.29, 1.82) is 0 Å². The Kier molecular flexibility index (Phi) is 4.74. The number of benzene rings is 1. The van der Waals surface area contributed by atoms with Gasteiger partial charge in [-0.05, 0) is 31.5 Å². The number of hydrogen-bond donors (Lipinski definition) is 1. The molecule has 0 spiro atoms. The summed E-state index contributed by atoms with van der Waals surface area (Å²) in [5.74, 6) is 0.0963. The zero-order chi connectivity index (χ0) is 15.4. The Morgan fingerprint density at radius 2 is 2.10 bits per heavy atom. The zero-order valence-corrected chi connectivity index (χ0v) is 12.1. The van der Waals surface area contributed by atoms with E-state index in [-0.39, 0.29) is 11.6 Å². The number of nitrogen functional groups attached to an aromatic ring is 1. The molecule has 1 aromatic rings. The maximum absolute atomic E-state index is 12.1. The molecule has 1 heterocycles. The average molecular weight is 292 g/mol. The molecule has 1 fully saturated rings.